The molecule has 4 nitrogen and oxygen atoms in total. The topological polar surface area (TPSA) is 59.3 Å². The quantitative estimate of drug-likeness (QED) is 0.594. The second-order valence-corrected chi connectivity index (χ2v) is 7.15. The molecule has 6 heteroatoms. The zero-order chi connectivity index (χ0) is 20.7. The molecule has 0 aliphatic rings. The van der Waals surface area contributed by atoms with Crippen LogP contribution < -0.4 is 5.56 Å². The van der Waals surface area contributed by atoms with Gasteiger partial charge in [-0.2, -0.15) is 0 Å². The third kappa shape index (κ3) is 5.02. The molecule has 0 aliphatic carbocycles. The number of aromatic nitrogens is 1. The Kier molecular flexibility index (Phi) is 8.24. The van der Waals surface area contributed by atoms with Gasteiger partial charge in [0.1, 0.15) is 6.29 Å². The van der Waals surface area contributed by atoms with Gasteiger partial charge >= 0.3 is 0 Å². The number of carbonyl (C=O) groups excluding carboxylic acids is 1. The van der Waals surface area contributed by atoms with Gasteiger partial charge in [-0.3, -0.25) is 4.79 Å². The Hall–Kier alpha value is -2.14. The molecule has 0 aliphatic heterocycles. The van der Waals surface area contributed by atoms with Crippen LogP contribution in [0.2, 0.25) is 10.0 Å². The minimum absolute atomic E-state index is 0.00588. The molecule has 0 fully saturated rings. The first-order chi connectivity index (χ1) is 13.4. The van der Waals surface area contributed by atoms with E-state index in [0.717, 1.165) is 22.9 Å². The fourth-order valence-corrected chi connectivity index (χ4v) is 3.36. The normalized spacial score (nSPS) is 11.6. The molecule has 1 heterocycles. The molecule has 1 atom stereocenters. The molecular formula is C22H23Cl2NO3. The van der Waals surface area contributed by atoms with E-state index in [1.54, 1.807) is 23.7 Å². The Morgan fingerprint density at radius 1 is 1.11 bits per heavy atom. The predicted octanol–water partition coefficient (Wildman–Crippen LogP) is 4.95. The number of halogens is 2. The van der Waals surface area contributed by atoms with E-state index in [2.05, 4.69) is 0 Å². The van der Waals surface area contributed by atoms with Crippen molar-refractivity contribution >= 4 is 40.3 Å². The molecule has 1 aromatic heterocycles. The number of aldehydes is 1. The van der Waals surface area contributed by atoms with E-state index >= 15 is 0 Å². The van der Waals surface area contributed by atoms with Gasteiger partial charge < -0.3 is 14.5 Å². The summed E-state index contributed by atoms with van der Waals surface area (Å²) in [6, 6.07) is 14.9. The maximum Gasteiger partial charge on any atom is 0.258 e. The second-order valence-electron chi connectivity index (χ2n) is 6.33. The molecule has 3 aromatic rings. The summed E-state index contributed by atoms with van der Waals surface area (Å²) in [5, 5.41) is 12.0. The Morgan fingerprint density at radius 2 is 1.79 bits per heavy atom. The van der Waals surface area contributed by atoms with Gasteiger partial charge in [0.05, 0.1) is 10.0 Å². The van der Waals surface area contributed by atoms with Crippen molar-refractivity contribution in [1.29, 1.82) is 0 Å². The third-order valence-corrected chi connectivity index (χ3v) is 5.21. The third-order valence-electron chi connectivity index (χ3n) is 4.47. The van der Waals surface area contributed by atoms with Gasteiger partial charge in [0.25, 0.3) is 5.56 Å². The lowest BCUT2D eigenvalue weighted by Gasteiger charge is -2.21. The molecule has 0 spiro atoms. The van der Waals surface area contributed by atoms with E-state index in [-0.39, 0.29) is 18.1 Å². The number of aliphatic hydroxyl groups is 1. The molecule has 148 valence electrons. The maximum atomic E-state index is 12.7. The Labute approximate surface area is 174 Å². The van der Waals surface area contributed by atoms with Gasteiger partial charge in [0.15, 0.2) is 0 Å². The minimum atomic E-state index is -0.146. The zero-order valence-electron chi connectivity index (χ0n) is 15.9. The fraction of sp³-hybridized carbons (Fsp3) is 0.273. The van der Waals surface area contributed by atoms with E-state index in [0.29, 0.717) is 28.3 Å². The van der Waals surface area contributed by atoms with Gasteiger partial charge in [-0.1, -0.05) is 54.4 Å². The molecule has 1 N–H and O–H groups in total. The van der Waals surface area contributed by atoms with Crippen molar-refractivity contribution in [3.8, 4) is 0 Å². The lowest BCUT2D eigenvalue weighted by molar-refractivity contribution is -0.107. The van der Waals surface area contributed by atoms with Crippen LogP contribution in [0.15, 0.2) is 53.3 Å². The first-order valence-electron chi connectivity index (χ1n) is 9.02. The molecule has 3 rings (SSSR count). The zero-order valence-corrected chi connectivity index (χ0v) is 17.4. The van der Waals surface area contributed by atoms with Gasteiger partial charge in [-0.15, -0.1) is 0 Å². The first kappa shape index (κ1) is 22.2. The molecular weight excluding hydrogens is 397 g/mol. The molecule has 0 saturated heterocycles. The van der Waals surface area contributed by atoms with Crippen molar-refractivity contribution in [3.05, 3.63) is 80.2 Å². The molecule has 0 bridgehead atoms. The van der Waals surface area contributed by atoms with Crippen LogP contribution in [0, 0.1) is 0 Å². The predicted molar refractivity (Wildman–Crippen MR) is 116 cm³/mol. The highest BCUT2D eigenvalue weighted by atomic mass is 35.5. The van der Waals surface area contributed by atoms with Gasteiger partial charge in [-0.25, -0.2) is 0 Å². The van der Waals surface area contributed by atoms with Crippen LogP contribution in [0.25, 0.3) is 10.8 Å². The molecule has 0 radical (unpaired) electrons. The van der Waals surface area contributed by atoms with Crippen LogP contribution in [0.3, 0.4) is 0 Å². The number of fused-ring (bicyclic) bond motifs is 1. The summed E-state index contributed by atoms with van der Waals surface area (Å²) in [5.41, 5.74) is 1.71. The van der Waals surface area contributed by atoms with Crippen molar-refractivity contribution in [3.63, 3.8) is 0 Å². The molecule has 2 aromatic carbocycles. The van der Waals surface area contributed by atoms with Crippen molar-refractivity contribution in [1.82, 2.24) is 4.57 Å². The number of rotatable bonds is 5. The van der Waals surface area contributed by atoms with E-state index in [9.17, 15) is 14.7 Å². The second kappa shape index (κ2) is 10.4. The molecule has 1 unspecified atom stereocenters. The van der Waals surface area contributed by atoms with E-state index < -0.39 is 0 Å². The number of benzene rings is 2. The number of aliphatic hydroxyl groups excluding tert-OH is 1. The number of carbonyl (C=O) groups is 1. The summed E-state index contributed by atoms with van der Waals surface area (Å²) in [4.78, 5) is 21.8. The largest absolute Gasteiger partial charge is 0.396 e. The molecule has 0 amide bonds. The number of hydrogen-bond donors (Lipinski definition) is 1. The summed E-state index contributed by atoms with van der Waals surface area (Å²) >= 11 is 12.2. The molecule has 28 heavy (non-hydrogen) atoms. The van der Waals surface area contributed by atoms with E-state index in [1.807, 2.05) is 43.3 Å². The Balaban J connectivity index is 0.000000640. The van der Waals surface area contributed by atoms with Crippen molar-refractivity contribution < 1.29 is 9.90 Å². The summed E-state index contributed by atoms with van der Waals surface area (Å²) in [5.74, 6) is -0.146. The highest BCUT2D eigenvalue weighted by Gasteiger charge is 2.19. The van der Waals surface area contributed by atoms with E-state index in [1.165, 1.54) is 0 Å². The maximum absolute atomic E-state index is 12.7. The van der Waals surface area contributed by atoms with Gasteiger partial charge in [0.2, 0.25) is 0 Å². The van der Waals surface area contributed by atoms with Crippen LogP contribution in [-0.2, 0) is 11.8 Å². The summed E-state index contributed by atoms with van der Waals surface area (Å²) in [7, 11) is 1.76. The average molecular weight is 420 g/mol. The first-order valence-corrected chi connectivity index (χ1v) is 9.78. The van der Waals surface area contributed by atoms with Crippen molar-refractivity contribution in [2.45, 2.75) is 25.7 Å². The van der Waals surface area contributed by atoms with E-state index in [4.69, 9.17) is 23.2 Å². The summed E-state index contributed by atoms with van der Waals surface area (Å²) in [6.07, 6.45) is 2.00. The average Bonchev–Trinajstić information content (AvgIpc) is 2.71. The number of pyridine rings is 1. The number of hydrogen-bond acceptors (Lipinski definition) is 3. The Morgan fingerprint density at radius 3 is 2.39 bits per heavy atom. The van der Waals surface area contributed by atoms with Crippen LogP contribution in [0.1, 0.15) is 36.9 Å². The van der Waals surface area contributed by atoms with Gasteiger partial charge in [-0.05, 0) is 41.6 Å². The number of nitrogens with zero attached hydrogens (tertiary/aromatic N) is 1. The van der Waals surface area contributed by atoms with Gasteiger partial charge in [0, 0.05) is 37.1 Å². The smallest absolute Gasteiger partial charge is 0.258 e. The SMILES string of the molecule is CCC=O.Cn1c(C(CCO)c2ccc(Cl)c(Cl)c2)cc2ccccc2c1=O. The van der Waals surface area contributed by atoms with Crippen LogP contribution in [0.5, 0.6) is 0 Å². The molecule has 0 saturated carbocycles. The summed E-state index contributed by atoms with van der Waals surface area (Å²) in [6.45, 7) is 1.82. The standard InChI is InChI=1S/C19H17Cl2NO2.C3H6O/c1-22-18(11-12-4-2-3-5-15(12)19(22)24)14(8-9-23)13-6-7-16(20)17(21)10-13;1-2-3-4/h2-7,10-11,14,23H,8-9H2,1H3;3H,2H2,1H3. The lowest BCUT2D eigenvalue weighted by atomic mass is 9.91. The highest BCUT2D eigenvalue weighted by Crippen LogP contribution is 2.32. The lowest BCUT2D eigenvalue weighted by Crippen LogP contribution is -2.23. The van der Waals surface area contributed by atoms with Crippen LogP contribution in [0.4, 0.5) is 0 Å². The minimum Gasteiger partial charge on any atom is -0.396 e. The van der Waals surface area contributed by atoms with Crippen molar-refractivity contribution in [2.75, 3.05) is 6.61 Å². The van der Waals surface area contributed by atoms with Crippen molar-refractivity contribution in [2.24, 2.45) is 7.05 Å². The fourth-order valence-electron chi connectivity index (χ4n) is 3.05. The highest BCUT2D eigenvalue weighted by molar-refractivity contribution is 6.42. The monoisotopic (exact) mass is 419 g/mol. The van der Waals surface area contributed by atoms with Crippen LogP contribution >= 0.6 is 23.2 Å². The Bertz CT molecular complexity index is 1010. The van der Waals surface area contributed by atoms with Crippen LogP contribution in [-0.4, -0.2) is 22.6 Å². The summed E-state index contributed by atoms with van der Waals surface area (Å²) < 4.78 is 1.64.